The summed E-state index contributed by atoms with van der Waals surface area (Å²) in [6.45, 7) is 7.27. The fourth-order valence-corrected chi connectivity index (χ4v) is 2.35. The summed E-state index contributed by atoms with van der Waals surface area (Å²) in [6.07, 6.45) is 4.04. The molecule has 2 aromatic rings. The average molecular weight is 275 g/mol. The SMILES string of the molecule is Cc1cc(Cn2cc(CCCS)nn2)cc(C)c1C. The standard InChI is InChI=1S/C15H21N3S/c1-11-7-14(8-12(2)13(11)3)9-18-10-15(16-17-18)5-4-6-19/h7-8,10,19H,4-6,9H2,1-3H3. The lowest BCUT2D eigenvalue weighted by Crippen LogP contribution is -2.02. The van der Waals surface area contributed by atoms with Gasteiger partial charge >= 0.3 is 0 Å². The molecule has 0 fully saturated rings. The maximum atomic E-state index is 4.21. The summed E-state index contributed by atoms with van der Waals surface area (Å²) >= 11 is 4.21. The van der Waals surface area contributed by atoms with Crippen molar-refractivity contribution >= 4 is 12.6 Å². The number of thiol groups is 1. The lowest BCUT2D eigenvalue weighted by atomic mass is 10.0. The van der Waals surface area contributed by atoms with E-state index in [2.05, 4.69) is 55.8 Å². The van der Waals surface area contributed by atoms with E-state index in [9.17, 15) is 0 Å². The highest BCUT2D eigenvalue weighted by Gasteiger charge is 2.04. The Hall–Kier alpha value is -1.29. The van der Waals surface area contributed by atoms with Gasteiger partial charge in [-0.05, 0) is 61.6 Å². The number of nitrogens with zero attached hydrogens (tertiary/aromatic N) is 3. The lowest BCUT2D eigenvalue weighted by Gasteiger charge is -2.08. The van der Waals surface area contributed by atoms with Crippen molar-refractivity contribution in [1.29, 1.82) is 0 Å². The smallest absolute Gasteiger partial charge is 0.0827 e. The van der Waals surface area contributed by atoms with Gasteiger partial charge in [0.15, 0.2) is 0 Å². The minimum atomic E-state index is 0.788. The van der Waals surface area contributed by atoms with Gasteiger partial charge in [-0.3, -0.25) is 0 Å². The Morgan fingerprint density at radius 2 is 1.84 bits per heavy atom. The third-order valence-corrected chi connectivity index (χ3v) is 3.82. The number of benzene rings is 1. The van der Waals surface area contributed by atoms with Crippen LogP contribution in [0.1, 0.15) is 34.4 Å². The first-order valence-electron chi connectivity index (χ1n) is 6.66. The molecule has 0 spiro atoms. The maximum Gasteiger partial charge on any atom is 0.0827 e. The van der Waals surface area contributed by atoms with Crippen LogP contribution in [0.25, 0.3) is 0 Å². The van der Waals surface area contributed by atoms with Crippen molar-refractivity contribution in [3.05, 3.63) is 46.3 Å². The van der Waals surface area contributed by atoms with Crippen LogP contribution in [0, 0.1) is 20.8 Å². The molecule has 0 saturated carbocycles. The van der Waals surface area contributed by atoms with E-state index in [1.165, 1.54) is 22.3 Å². The summed E-state index contributed by atoms with van der Waals surface area (Å²) < 4.78 is 1.91. The molecule has 0 unspecified atom stereocenters. The number of hydrogen-bond acceptors (Lipinski definition) is 3. The average Bonchev–Trinajstić information content (AvgIpc) is 2.81. The number of hydrogen-bond donors (Lipinski definition) is 1. The second-order valence-corrected chi connectivity index (χ2v) is 5.54. The van der Waals surface area contributed by atoms with Crippen LogP contribution >= 0.6 is 12.6 Å². The minimum absolute atomic E-state index is 0.788. The van der Waals surface area contributed by atoms with E-state index in [4.69, 9.17) is 0 Å². The van der Waals surface area contributed by atoms with Gasteiger partial charge in [-0.1, -0.05) is 17.3 Å². The van der Waals surface area contributed by atoms with Gasteiger partial charge in [0, 0.05) is 6.20 Å². The Bertz CT molecular complexity index is 537. The van der Waals surface area contributed by atoms with Gasteiger partial charge in [-0.25, -0.2) is 4.68 Å². The molecule has 0 bridgehead atoms. The summed E-state index contributed by atoms with van der Waals surface area (Å²) in [6, 6.07) is 4.47. The summed E-state index contributed by atoms with van der Waals surface area (Å²) in [5.41, 5.74) is 6.38. The van der Waals surface area contributed by atoms with Gasteiger partial charge in [-0.2, -0.15) is 12.6 Å². The molecule has 0 atom stereocenters. The predicted molar refractivity (Wildman–Crippen MR) is 82.0 cm³/mol. The zero-order valence-electron chi connectivity index (χ0n) is 11.8. The van der Waals surface area contributed by atoms with Crippen LogP contribution in [-0.2, 0) is 13.0 Å². The minimum Gasteiger partial charge on any atom is -0.248 e. The Kier molecular flexibility index (Phi) is 4.64. The molecule has 0 N–H and O–H groups in total. The fourth-order valence-electron chi connectivity index (χ4n) is 2.19. The largest absolute Gasteiger partial charge is 0.248 e. The van der Waals surface area contributed by atoms with Gasteiger partial charge in [-0.15, -0.1) is 5.10 Å². The predicted octanol–water partition coefficient (Wildman–Crippen LogP) is 3.11. The van der Waals surface area contributed by atoms with Crippen molar-refractivity contribution in [1.82, 2.24) is 15.0 Å². The topological polar surface area (TPSA) is 30.7 Å². The summed E-state index contributed by atoms with van der Waals surface area (Å²) in [7, 11) is 0. The highest BCUT2D eigenvalue weighted by Crippen LogP contribution is 2.16. The second-order valence-electron chi connectivity index (χ2n) is 5.09. The summed E-state index contributed by atoms with van der Waals surface area (Å²) in [5.74, 6) is 0.892. The Morgan fingerprint density at radius 3 is 2.47 bits per heavy atom. The number of rotatable bonds is 5. The van der Waals surface area contributed by atoms with Gasteiger partial charge in [0.05, 0.1) is 12.2 Å². The van der Waals surface area contributed by atoms with Gasteiger partial charge in [0.1, 0.15) is 0 Å². The lowest BCUT2D eigenvalue weighted by molar-refractivity contribution is 0.648. The van der Waals surface area contributed by atoms with E-state index >= 15 is 0 Å². The molecule has 3 nitrogen and oxygen atoms in total. The van der Waals surface area contributed by atoms with Crippen LogP contribution in [0.4, 0.5) is 0 Å². The van der Waals surface area contributed by atoms with Crippen molar-refractivity contribution < 1.29 is 0 Å². The molecule has 102 valence electrons. The maximum absolute atomic E-state index is 4.21. The molecular formula is C15H21N3S. The molecule has 0 amide bonds. The molecule has 0 aliphatic rings. The van der Waals surface area contributed by atoms with Crippen LogP contribution < -0.4 is 0 Å². The van der Waals surface area contributed by atoms with Crippen LogP contribution in [-0.4, -0.2) is 20.7 Å². The van der Waals surface area contributed by atoms with Crippen LogP contribution in [0.15, 0.2) is 18.3 Å². The fraction of sp³-hybridized carbons (Fsp3) is 0.467. The van der Waals surface area contributed by atoms with Crippen molar-refractivity contribution in [2.45, 2.75) is 40.2 Å². The molecule has 4 heteroatoms. The normalized spacial score (nSPS) is 10.9. The first-order valence-corrected chi connectivity index (χ1v) is 7.30. The molecule has 0 saturated heterocycles. The molecule has 1 aromatic heterocycles. The van der Waals surface area contributed by atoms with E-state index < -0.39 is 0 Å². The molecule has 0 aliphatic carbocycles. The highest BCUT2D eigenvalue weighted by atomic mass is 32.1. The van der Waals surface area contributed by atoms with E-state index in [-0.39, 0.29) is 0 Å². The van der Waals surface area contributed by atoms with Crippen molar-refractivity contribution in [3.8, 4) is 0 Å². The molecular weight excluding hydrogens is 254 g/mol. The Balaban J connectivity index is 2.10. The van der Waals surface area contributed by atoms with Crippen LogP contribution in [0.3, 0.4) is 0 Å². The molecule has 19 heavy (non-hydrogen) atoms. The Labute approximate surface area is 120 Å². The monoisotopic (exact) mass is 275 g/mol. The van der Waals surface area contributed by atoms with Gasteiger partial charge in [0.25, 0.3) is 0 Å². The van der Waals surface area contributed by atoms with E-state index in [0.29, 0.717) is 0 Å². The Morgan fingerprint density at radius 1 is 1.16 bits per heavy atom. The quantitative estimate of drug-likeness (QED) is 0.850. The first kappa shape index (κ1) is 14.1. The number of aryl methyl sites for hydroxylation is 3. The van der Waals surface area contributed by atoms with Crippen LogP contribution in [0.5, 0.6) is 0 Å². The highest BCUT2D eigenvalue weighted by molar-refractivity contribution is 7.80. The van der Waals surface area contributed by atoms with Crippen molar-refractivity contribution in [2.75, 3.05) is 5.75 Å². The van der Waals surface area contributed by atoms with E-state index in [1.54, 1.807) is 0 Å². The third kappa shape index (κ3) is 3.60. The van der Waals surface area contributed by atoms with Gasteiger partial charge < -0.3 is 0 Å². The van der Waals surface area contributed by atoms with Crippen molar-refractivity contribution in [3.63, 3.8) is 0 Å². The number of aromatic nitrogens is 3. The summed E-state index contributed by atoms with van der Waals surface area (Å²) in [5, 5.41) is 8.38. The zero-order chi connectivity index (χ0) is 13.8. The molecule has 1 heterocycles. The zero-order valence-corrected chi connectivity index (χ0v) is 12.7. The molecule has 2 rings (SSSR count). The first-order chi connectivity index (χ1) is 9.10. The second kappa shape index (κ2) is 6.24. The van der Waals surface area contributed by atoms with E-state index in [1.807, 2.05) is 10.9 Å². The van der Waals surface area contributed by atoms with Gasteiger partial charge in [0.2, 0.25) is 0 Å². The van der Waals surface area contributed by atoms with Crippen LogP contribution in [0.2, 0.25) is 0 Å². The summed E-state index contributed by atoms with van der Waals surface area (Å²) in [4.78, 5) is 0. The molecule has 1 aromatic carbocycles. The van der Waals surface area contributed by atoms with Crippen molar-refractivity contribution in [2.24, 2.45) is 0 Å². The third-order valence-electron chi connectivity index (χ3n) is 3.51. The molecule has 0 aliphatic heterocycles. The molecule has 0 radical (unpaired) electrons. The van der Waals surface area contributed by atoms with E-state index in [0.717, 1.165) is 30.8 Å².